The van der Waals surface area contributed by atoms with Crippen molar-refractivity contribution in [2.24, 2.45) is 0 Å². The van der Waals surface area contributed by atoms with Crippen molar-refractivity contribution in [1.82, 2.24) is 4.72 Å². The first-order chi connectivity index (χ1) is 7.95. The zero-order valence-electron chi connectivity index (χ0n) is 9.53. The molecule has 0 heterocycles. The lowest BCUT2D eigenvalue weighted by Crippen LogP contribution is -2.23. The molecule has 0 radical (unpaired) electrons. The van der Waals surface area contributed by atoms with E-state index in [2.05, 4.69) is 32.5 Å². The van der Waals surface area contributed by atoms with Crippen LogP contribution in [0.15, 0.2) is 40.2 Å². The molecule has 0 unspecified atom stereocenters. The van der Waals surface area contributed by atoms with Crippen LogP contribution in [0, 0.1) is 0 Å². The standard InChI is InChI=1S/C11H15BrN2O2S/c1-3-14-17(15,16)11-6-4-10(5-7-11)13-8-9(2)12/h4-7,13-14H,2-3,8H2,1H3. The third-order valence-electron chi connectivity index (χ3n) is 1.98. The number of rotatable bonds is 6. The number of halogens is 1. The van der Waals surface area contributed by atoms with E-state index in [1.54, 1.807) is 31.2 Å². The second-order valence-corrected chi connectivity index (χ2v) is 6.28. The summed E-state index contributed by atoms with van der Waals surface area (Å²) in [6, 6.07) is 6.58. The zero-order chi connectivity index (χ0) is 12.9. The molecule has 94 valence electrons. The lowest BCUT2D eigenvalue weighted by molar-refractivity contribution is 0.584. The molecule has 0 aliphatic heterocycles. The molecule has 4 nitrogen and oxygen atoms in total. The fourth-order valence-corrected chi connectivity index (χ4v) is 2.40. The maximum absolute atomic E-state index is 11.7. The summed E-state index contributed by atoms with van der Waals surface area (Å²) < 4.78 is 26.6. The van der Waals surface area contributed by atoms with Crippen LogP contribution in [0.5, 0.6) is 0 Å². The van der Waals surface area contributed by atoms with Gasteiger partial charge in [0.15, 0.2) is 0 Å². The van der Waals surface area contributed by atoms with Gasteiger partial charge in [0.1, 0.15) is 0 Å². The van der Waals surface area contributed by atoms with Gasteiger partial charge in [0.25, 0.3) is 0 Å². The Morgan fingerprint density at radius 3 is 2.41 bits per heavy atom. The topological polar surface area (TPSA) is 58.2 Å². The number of sulfonamides is 1. The van der Waals surface area contributed by atoms with E-state index in [-0.39, 0.29) is 4.90 Å². The van der Waals surface area contributed by atoms with Gasteiger partial charge >= 0.3 is 0 Å². The number of benzene rings is 1. The van der Waals surface area contributed by atoms with E-state index in [1.807, 2.05) is 0 Å². The van der Waals surface area contributed by atoms with Crippen LogP contribution < -0.4 is 10.0 Å². The highest BCUT2D eigenvalue weighted by Crippen LogP contribution is 2.14. The maximum Gasteiger partial charge on any atom is 0.240 e. The molecule has 0 amide bonds. The highest BCUT2D eigenvalue weighted by molar-refractivity contribution is 9.11. The molecule has 0 bridgehead atoms. The van der Waals surface area contributed by atoms with Crippen molar-refractivity contribution < 1.29 is 8.42 Å². The molecule has 1 aromatic rings. The highest BCUT2D eigenvalue weighted by Gasteiger charge is 2.11. The molecular weight excluding hydrogens is 304 g/mol. The van der Waals surface area contributed by atoms with Crippen molar-refractivity contribution in [2.75, 3.05) is 18.4 Å². The van der Waals surface area contributed by atoms with Crippen LogP contribution in [0.4, 0.5) is 5.69 Å². The van der Waals surface area contributed by atoms with Crippen molar-refractivity contribution >= 4 is 31.6 Å². The largest absolute Gasteiger partial charge is 0.380 e. The van der Waals surface area contributed by atoms with Crippen LogP contribution >= 0.6 is 15.9 Å². The normalized spacial score (nSPS) is 11.2. The van der Waals surface area contributed by atoms with E-state index < -0.39 is 10.0 Å². The van der Waals surface area contributed by atoms with E-state index in [0.717, 1.165) is 10.2 Å². The summed E-state index contributed by atoms with van der Waals surface area (Å²) >= 11 is 3.24. The van der Waals surface area contributed by atoms with E-state index in [0.29, 0.717) is 13.1 Å². The molecule has 0 aliphatic carbocycles. The molecule has 0 fully saturated rings. The van der Waals surface area contributed by atoms with Gasteiger partial charge in [-0.15, -0.1) is 0 Å². The maximum atomic E-state index is 11.7. The second kappa shape index (κ2) is 6.18. The van der Waals surface area contributed by atoms with Gasteiger partial charge in [-0.3, -0.25) is 0 Å². The molecule has 1 aromatic carbocycles. The summed E-state index contributed by atoms with van der Waals surface area (Å²) in [7, 11) is -3.36. The van der Waals surface area contributed by atoms with E-state index in [4.69, 9.17) is 0 Å². The SMILES string of the molecule is C=C(Br)CNc1ccc(S(=O)(=O)NCC)cc1. The number of hydrogen-bond donors (Lipinski definition) is 2. The van der Waals surface area contributed by atoms with Gasteiger partial charge in [-0.2, -0.15) is 0 Å². The Balaban J connectivity index is 2.78. The lowest BCUT2D eigenvalue weighted by atomic mass is 10.3. The monoisotopic (exact) mass is 318 g/mol. The molecule has 0 aliphatic rings. The third kappa shape index (κ3) is 4.49. The van der Waals surface area contributed by atoms with Crippen molar-refractivity contribution in [3.05, 3.63) is 35.3 Å². The summed E-state index contributed by atoms with van der Waals surface area (Å²) in [6.45, 7) is 6.42. The van der Waals surface area contributed by atoms with Gasteiger partial charge in [-0.05, 0) is 24.3 Å². The first-order valence-electron chi connectivity index (χ1n) is 5.12. The molecule has 17 heavy (non-hydrogen) atoms. The molecule has 2 N–H and O–H groups in total. The average Bonchev–Trinajstić information content (AvgIpc) is 2.27. The predicted octanol–water partition coefficient (Wildman–Crippen LogP) is 2.31. The Bertz CT molecular complexity index is 483. The predicted molar refractivity (Wildman–Crippen MR) is 73.9 cm³/mol. The molecule has 0 saturated heterocycles. The Hall–Kier alpha value is -0.850. The number of nitrogens with one attached hydrogen (secondary N) is 2. The molecule has 6 heteroatoms. The second-order valence-electron chi connectivity index (χ2n) is 3.40. The van der Waals surface area contributed by atoms with Crippen LogP contribution in [0.2, 0.25) is 0 Å². The van der Waals surface area contributed by atoms with Gasteiger partial charge in [0.2, 0.25) is 10.0 Å². The molecular formula is C11H15BrN2O2S. The van der Waals surface area contributed by atoms with Gasteiger partial charge in [0.05, 0.1) is 4.90 Å². The summed E-state index contributed by atoms with van der Waals surface area (Å²) in [5, 5.41) is 3.09. The fraction of sp³-hybridized carbons (Fsp3) is 0.273. The molecule has 0 atom stereocenters. The summed E-state index contributed by atoms with van der Waals surface area (Å²) in [4.78, 5) is 0.266. The zero-order valence-corrected chi connectivity index (χ0v) is 11.9. The van der Waals surface area contributed by atoms with Crippen LogP contribution in [0.1, 0.15) is 6.92 Å². The average molecular weight is 319 g/mol. The minimum Gasteiger partial charge on any atom is -0.380 e. The Labute approximate surface area is 110 Å². The van der Waals surface area contributed by atoms with Crippen molar-refractivity contribution in [3.63, 3.8) is 0 Å². The van der Waals surface area contributed by atoms with Gasteiger partial charge < -0.3 is 5.32 Å². The quantitative estimate of drug-likeness (QED) is 0.846. The first-order valence-corrected chi connectivity index (χ1v) is 7.40. The minimum absolute atomic E-state index is 0.266. The molecule has 0 saturated carbocycles. The van der Waals surface area contributed by atoms with Gasteiger partial charge in [-0.1, -0.05) is 29.4 Å². The van der Waals surface area contributed by atoms with Crippen LogP contribution in [0.25, 0.3) is 0 Å². The Kier molecular flexibility index (Phi) is 5.17. The molecule has 0 aromatic heterocycles. The van der Waals surface area contributed by atoms with E-state index in [9.17, 15) is 8.42 Å². The number of anilines is 1. The summed E-state index contributed by atoms with van der Waals surface area (Å²) in [5.41, 5.74) is 0.848. The molecule has 1 rings (SSSR count). The number of hydrogen-bond acceptors (Lipinski definition) is 3. The Morgan fingerprint density at radius 1 is 1.35 bits per heavy atom. The minimum atomic E-state index is -3.36. The van der Waals surface area contributed by atoms with Crippen LogP contribution in [-0.4, -0.2) is 21.5 Å². The van der Waals surface area contributed by atoms with Crippen molar-refractivity contribution in [3.8, 4) is 0 Å². The van der Waals surface area contributed by atoms with Gasteiger partial charge in [0, 0.05) is 23.3 Å². The Morgan fingerprint density at radius 2 is 1.94 bits per heavy atom. The first kappa shape index (κ1) is 14.2. The lowest BCUT2D eigenvalue weighted by Gasteiger charge is -2.07. The van der Waals surface area contributed by atoms with E-state index in [1.165, 1.54) is 0 Å². The van der Waals surface area contributed by atoms with Crippen molar-refractivity contribution in [2.45, 2.75) is 11.8 Å². The highest BCUT2D eigenvalue weighted by atomic mass is 79.9. The van der Waals surface area contributed by atoms with Crippen molar-refractivity contribution in [1.29, 1.82) is 0 Å². The third-order valence-corrected chi connectivity index (χ3v) is 3.83. The van der Waals surface area contributed by atoms with Crippen LogP contribution in [0.3, 0.4) is 0 Å². The fourth-order valence-electron chi connectivity index (χ4n) is 1.22. The summed E-state index contributed by atoms with van der Waals surface area (Å²) in [5.74, 6) is 0. The van der Waals surface area contributed by atoms with Gasteiger partial charge in [-0.25, -0.2) is 13.1 Å². The van der Waals surface area contributed by atoms with Crippen LogP contribution in [-0.2, 0) is 10.0 Å². The smallest absolute Gasteiger partial charge is 0.240 e. The van der Waals surface area contributed by atoms with E-state index >= 15 is 0 Å². The molecule has 0 spiro atoms. The summed E-state index contributed by atoms with van der Waals surface area (Å²) in [6.07, 6.45) is 0.